The van der Waals surface area contributed by atoms with E-state index in [1.807, 2.05) is 0 Å². The Balaban J connectivity index is 1.85. The molecule has 2 atom stereocenters. The third-order valence-electron chi connectivity index (χ3n) is 4.49. The highest BCUT2D eigenvalue weighted by molar-refractivity contribution is 5.17. The number of allylic oxidation sites excluding steroid dienone is 2. The summed E-state index contributed by atoms with van der Waals surface area (Å²) in [5.74, 6) is 2.05. The van der Waals surface area contributed by atoms with Crippen molar-refractivity contribution in [2.45, 2.75) is 44.9 Å². The molecule has 2 bridgehead atoms. The van der Waals surface area contributed by atoms with Crippen LogP contribution in [0, 0.1) is 17.3 Å². The van der Waals surface area contributed by atoms with Crippen molar-refractivity contribution in [2.75, 3.05) is 0 Å². The summed E-state index contributed by atoms with van der Waals surface area (Å²) >= 11 is 0. The topological polar surface area (TPSA) is 0 Å². The smallest absolute Gasteiger partial charge is 0.00841 e. The van der Waals surface area contributed by atoms with E-state index in [0.717, 1.165) is 11.8 Å². The van der Waals surface area contributed by atoms with E-state index >= 15 is 0 Å². The lowest BCUT2D eigenvalue weighted by atomic mass is 9.74. The molecule has 3 rings (SSSR count). The molecule has 0 saturated heterocycles. The zero-order valence-electron chi connectivity index (χ0n) is 7.76. The van der Waals surface area contributed by atoms with E-state index in [9.17, 15) is 0 Å². The zero-order chi connectivity index (χ0) is 8.02. The molecule has 3 aliphatic carbocycles. The molecule has 0 nitrogen and oxygen atoms in total. The minimum Gasteiger partial charge on any atom is -0.0848 e. The van der Waals surface area contributed by atoms with Crippen LogP contribution < -0.4 is 0 Å². The summed E-state index contributed by atoms with van der Waals surface area (Å²) < 4.78 is 0. The van der Waals surface area contributed by atoms with Crippen molar-refractivity contribution in [3.8, 4) is 0 Å². The lowest BCUT2D eigenvalue weighted by Crippen LogP contribution is -2.21. The highest BCUT2D eigenvalue weighted by Gasteiger charge is 2.46. The van der Waals surface area contributed by atoms with Crippen molar-refractivity contribution < 1.29 is 0 Å². The lowest BCUT2D eigenvalue weighted by Gasteiger charge is -2.30. The molecule has 0 aromatic heterocycles. The lowest BCUT2D eigenvalue weighted by molar-refractivity contribution is 0.244. The van der Waals surface area contributed by atoms with Crippen LogP contribution in [0.15, 0.2) is 12.2 Å². The maximum absolute atomic E-state index is 2.58. The molecule has 0 spiro atoms. The van der Waals surface area contributed by atoms with Crippen LogP contribution in [0.3, 0.4) is 0 Å². The van der Waals surface area contributed by atoms with E-state index in [4.69, 9.17) is 0 Å². The minimum absolute atomic E-state index is 0.709. The van der Waals surface area contributed by atoms with Gasteiger partial charge in [-0.2, -0.15) is 0 Å². The maximum atomic E-state index is 2.58. The second-order valence-electron chi connectivity index (χ2n) is 5.08. The molecule has 0 heterocycles. The van der Waals surface area contributed by atoms with Crippen LogP contribution in [-0.4, -0.2) is 0 Å². The molecule has 0 heteroatoms. The van der Waals surface area contributed by atoms with Crippen molar-refractivity contribution in [1.82, 2.24) is 0 Å². The van der Waals surface area contributed by atoms with Gasteiger partial charge in [0.05, 0.1) is 0 Å². The molecule has 0 amide bonds. The average Bonchev–Trinajstić information content (AvgIpc) is 2.82. The Labute approximate surface area is 75.0 Å². The second kappa shape index (κ2) is 2.37. The minimum atomic E-state index is 0.709. The molecular formula is C12H18. The van der Waals surface area contributed by atoms with Crippen molar-refractivity contribution in [1.29, 1.82) is 0 Å². The Kier molecular flexibility index (Phi) is 1.42. The van der Waals surface area contributed by atoms with Gasteiger partial charge in [0.1, 0.15) is 0 Å². The van der Waals surface area contributed by atoms with Crippen molar-refractivity contribution in [3.63, 3.8) is 0 Å². The van der Waals surface area contributed by atoms with Crippen LogP contribution in [0.4, 0.5) is 0 Å². The molecule has 2 saturated carbocycles. The Hall–Kier alpha value is -0.260. The molecule has 3 aliphatic rings. The summed E-state index contributed by atoms with van der Waals surface area (Å²) in [4.78, 5) is 0. The first kappa shape index (κ1) is 7.17. The second-order valence-corrected chi connectivity index (χ2v) is 5.08. The predicted molar refractivity (Wildman–Crippen MR) is 50.9 cm³/mol. The fraction of sp³-hybridized carbons (Fsp3) is 0.833. The normalized spacial score (nSPS) is 46.2. The van der Waals surface area contributed by atoms with E-state index in [2.05, 4.69) is 12.2 Å². The zero-order valence-corrected chi connectivity index (χ0v) is 7.76. The SMILES string of the molecule is C1=CC2(C3CCCC3)CCC1C2. The fourth-order valence-corrected chi connectivity index (χ4v) is 3.80. The molecular weight excluding hydrogens is 144 g/mol. The van der Waals surface area contributed by atoms with E-state index in [1.165, 1.54) is 44.9 Å². The average molecular weight is 162 g/mol. The van der Waals surface area contributed by atoms with Gasteiger partial charge in [0.2, 0.25) is 0 Å². The van der Waals surface area contributed by atoms with Crippen LogP contribution >= 0.6 is 0 Å². The molecule has 0 radical (unpaired) electrons. The molecule has 0 aromatic rings. The van der Waals surface area contributed by atoms with E-state index < -0.39 is 0 Å². The van der Waals surface area contributed by atoms with Gasteiger partial charge >= 0.3 is 0 Å². The quantitative estimate of drug-likeness (QED) is 0.517. The summed E-state index contributed by atoms with van der Waals surface area (Å²) in [5, 5.41) is 0. The van der Waals surface area contributed by atoms with Gasteiger partial charge in [-0.05, 0) is 49.4 Å². The van der Waals surface area contributed by atoms with Gasteiger partial charge in [0.25, 0.3) is 0 Å². The maximum Gasteiger partial charge on any atom is -0.00841 e. The number of rotatable bonds is 1. The van der Waals surface area contributed by atoms with Gasteiger partial charge in [-0.15, -0.1) is 0 Å². The van der Waals surface area contributed by atoms with Crippen LogP contribution in [0.2, 0.25) is 0 Å². The molecule has 0 aliphatic heterocycles. The first-order chi connectivity index (χ1) is 5.89. The summed E-state index contributed by atoms with van der Waals surface area (Å²) in [7, 11) is 0. The van der Waals surface area contributed by atoms with Crippen molar-refractivity contribution in [2.24, 2.45) is 17.3 Å². The van der Waals surface area contributed by atoms with Gasteiger partial charge in [0.15, 0.2) is 0 Å². The molecule has 12 heavy (non-hydrogen) atoms. The van der Waals surface area contributed by atoms with Gasteiger partial charge in [0, 0.05) is 0 Å². The first-order valence-corrected chi connectivity index (χ1v) is 5.58. The summed E-state index contributed by atoms with van der Waals surface area (Å²) in [6, 6.07) is 0. The highest BCUT2D eigenvalue weighted by Crippen LogP contribution is 2.57. The third-order valence-corrected chi connectivity index (χ3v) is 4.49. The van der Waals surface area contributed by atoms with Crippen LogP contribution in [0.5, 0.6) is 0 Å². The Morgan fingerprint density at radius 3 is 2.42 bits per heavy atom. The predicted octanol–water partition coefficient (Wildman–Crippen LogP) is 3.53. The molecule has 2 unspecified atom stereocenters. The van der Waals surface area contributed by atoms with E-state index in [-0.39, 0.29) is 0 Å². The van der Waals surface area contributed by atoms with Crippen LogP contribution in [-0.2, 0) is 0 Å². The summed E-state index contributed by atoms with van der Waals surface area (Å²) in [5.41, 5.74) is 0.709. The summed E-state index contributed by atoms with van der Waals surface area (Å²) in [6.45, 7) is 0. The van der Waals surface area contributed by atoms with Gasteiger partial charge in [-0.1, -0.05) is 25.0 Å². The fourth-order valence-electron chi connectivity index (χ4n) is 3.80. The largest absolute Gasteiger partial charge is 0.0848 e. The molecule has 0 N–H and O–H groups in total. The number of hydrogen-bond donors (Lipinski definition) is 0. The Bertz CT molecular complexity index is 210. The number of fused-ring (bicyclic) bond motifs is 2. The molecule has 0 aromatic carbocycles. The first-order valence-electron chi connectivity index (χ1n) is 5.58. The number of hydrogen-bond acceptors (Lipinski definition) is 0. The van der Waals surface area contributed by atoms with Crippen molar-refractivity contribution >= 4 is 0 Å². The molecule has 66 valence electrons. The van der Waals surface area contributed by atoms with Crippen LogP contribution in [0.1, 0.15) is 44.9 Å². The third kappa shape index (κ3) is 0.841. The highest BCUT2D eigenvalue weighted by atomic mass is 14.5. The van der Waals surface area contributed by atoms with E-state index in [1.54, 1.807) is 0 Å². The Morgan fingerprint density at radius 1 is 1.08 bits per heavy atom. The van der Waals surface area contributed by atoms with E-state index in [0.29, 0.717) is 5.41 Å². The standard InChI is InChI=1S/C12H18/c1-2-4-11(3-1)12-7-5-10(9-12)6-8-12/h5,7,10-11H,1-4,6,8-9H2. The Morgan fingerprint density at radius 2 is 1.92 bits per heavy atom. The van der Waals surface area contributed by atoms with Gasteiger partial charge < -0.3 is 0 Å². The molecule has 2 fully saturated rings. The van der Waals surface area contributed by atoms with Crippen molar-refractivity contribution in [3.05, 3.63) is 12.2 Å². The van der Waals surface area contributed by atoms with Gasteiger partial charge in [-0.3, -0.25) is 0 Å². The monoisotopic (exact) mass is 162 g/mol. The van der Waals surface area contributed by atoms with Gasteiger partial charge in [-0.25, -0.2) is 0 Å². The summed E-state index contributed by atoms with van der Waals surface area (Å²) in [6.07, 6.45) is 15.7. The van der Waals surface area contributed by atoms with Crippen LogP contribution in [0.25, 0.3) is 0 Å².